The van der Waals surface area contributed by atoms with Crippen molar-refractivity contribution >= 4 is 23.2 Å². The largest absolute Gasteiger partial charge is 0.496 e. The van der Waals surface area contributed by atoms with Crippen molar-refractivity contribution in [1.82, 2.24) is 10.2 Å². The number of hydrogen-bond donors (Lipinski definition) is 2. The lowest BCUT2D eigenvalue weighted by molar-refractivity contribution is -0.118. The van der Waals surface area contributed by atoms with Gasteiger partial charge in [0.2, 0.25) is 0 Å². The van der Waals surface area contributed by atoms with E-state index >= 15 is 0 Å². The number of methoxy groups -OCH3 is 1. The Labute approximate surface area is 152 Å². The van der Waals surface area contributed by atoms with Gasteiger partial charge in [-0.2, -0.15) is 0 Å². The maximum atomic E-state index is 14.7. The molecular weight excluding hydrogens is 350 g/mol. The molecule has 0 spiro atoms. The molecule has 7 heteroatoms. The average molecular weight is 373 g/mol. The van der Waals surface area contributed by atoms with E-state index in [1.807, 2.05) is 24.3 Å². The number of halogens is 3. The van der Waals surface area contributed by atoms with Crippen molar-refractivity contribution in [3.63, 3.8) is 0 Å². The summed E-state index contributed by atoms with van der Waals surface area (Å²) in [5.41, 5.74) is 0.521. The third kappa shape index (κ3) is 3.87. The third-order valence-electron chi connectivity index (χ3n) is 4.56. The van der Waals surface area contributed by atoms with Crippen LogP contribution in [-0.2, 0) is 0 Å². The monoisotopic (exact) mass is 372 g/mol. The Balaban J connectivity index is 0.00000225. The first-order chi connectivity index (χ1) is 11.6. The van der Waals surface area contributed by atoms with Crippen molar-refractivity contribution in [2.24, 2.45) is 0 Å². The summed E-state index contributed by atoms with van der Waals surface area (Å²) in [5, 5.41) is 14.0. The maximum absolute atomic E-state index is 14.7. The van der Waals surface area contributed by atoms with Crippen LogP contribution in [0.2, 0.25) is 0 Å². The Morgan fingerprint density at radius 1 is 1.16 bits per heavy atom. The van der Waals surface area contributed by atoms with Crippen molar-refractivity contribution in [2.45, 2.75) is 12.0 Å². The van der Waals surface area contributed by atoms with Crippen LogP contribution in [0.4, 0.5) is 8.78 Å². The van der Waals surface area contributed by atoms with Crippen LogP contribution in [0.25, 0.3) is 10.8 Å². The van der Waals surface area contributed by atoms with Crippen LogP contribution >= 0.6 is 12.4 Å². The fourth-order valence-electron chi connectivity index (χ4n) is 3.43. The second-order valence-corrected chi connectivity index (χ2v) is 6.01. The van der Waals surface area contributed by atoms with Crippen LogP contribution in [0.5, 0.6) is 5.75 Å². The summed E-state index contributed by atoms with van der Waals surface area (Å²) in [6.07, 6.45) is 0. The molecule has 0 unspecified atom stereocenters. The van der Waals surface area contributed by atoms with Crippen molar-refractivity contribution in [2.75, 3.05) is 39.9 Å². The molecule has 3 rings (SSSR count). The summed E-state index contributed by atoms with van der Waals surface area (Å²) >= 11 is 0. The number of benzene rings is 2. The fourth-order valence-corrected chi connectivity index (χ4v) is 3.43. The highest BCUT2D eigenvalue weighted by atomic mass is 35.5. The number of aliphatic hydroxyl groups excluding tert-OH is 1. The highest BCUT2D eigenvalue weighted by Gasteiger charge is 2.44. The molecule has 2 N–H and O–H groups in total. The van der Waals surface area contributed by atoms with Gasteiger partial charge >= 0.3 is 0 Å². The van der Waals surface area contributed by atoms with Crippen molar-refractivity contribution in [3.05, 3.63) is 42.0 Å². The van der Waals surface area contributed by atoms with E-state index in [-0.39, 0.29) is 12.4 Å². The van der Waals surface area contributed by atoms with Gasteiger partial charge in [-0.05, 0) is 17.0 Å². The number of alkyl halides is 2. The molecule has 1 heterocycles. The predicted octanol–water partition coefficient (Wildman–Crippen LogP) is 2.84. The summed E-state index contributed by atoms with van der Waals surface area (Å²) < 4.78 is 34.7. The minimum atomic E-state index is -3.23. The number of nitrogens with zero attached hydrogens (tertiary/aromatic N) is 1. The molecule has 138 valence electrons. The molecule has 1 saturated heterocycles. The second-order valence-electron chi connectivity index (χ2n) is 6.01. The zero-order valence-corrected chi connectivity index (χ0v) is 14.9. The number of ether oxygens (including phenoxy) is 1. The Morgan fingerprint density at radius 3 is 2.40 bits per heavy atom. The lowest BCUT2D eigenvalue weighted by Gasteiger charge is -2.39. The number of fused-ring (bicyclic) bond motifs is 1. The van der Waals surface area contributed by atoms with Gasteiger partial charge in [-0.1, -0.05) is 30.3 Å². The molecule has 0 aliphatic carbocycles. The van der Waals surface area contributed by atoms with E-state index in [9.17, 15) is 13.9 Å². The SMILES string of the molecule is COc1ccc([C@H](N2CCNCC2)C(F)(F)CO)c2ccccc12.Cl. The first kappa shape index (κ1) is 19.8. The number of piperazine rings is 1. The number of rotatable bonds is 5. The lowest BCUT2D eigenvalue weighted by atomic mass is 9.92. The van der Waals surface area contributed by atoms with E-state index < -0.39 is 18.6 Å². The molecule has 1 fully saturated rings. The molecule has 2 aromatic carbocycles. The molecule has 0 radical (unpaired) electrons. The molecule has 0 saturated carbocycles. The predicted molar refractivity (Wildman–Crippen MR) is 97.0 cm³/mol. The molecule has 1 aliphatic heterocycles. The Bertz CT molecular complexity index is 709. The molecule has 4 nitrogen and oxygen atoms in total. The third-order valence-corrected chi connectivity index (χ3v) is 4.56. The van der Waals surface area contributed by atoms with E-state index in [1.54, 1.807) is 24.1 Å². The highest BCUT2D eigenvalue weighted by Crippen LogP contribution is 2.41. The van der Waals surface area contributed by atoms with Gasteiger partial charge in [0.05, 0.1) is 7.11 Å². The van der Waals surface area contributed by atoms with Gasteiger partial charge < -0.3 is 15.2 Å². The minimum absolute atomic E-state index is 0. The van der Waals surface area contributed by atoms with Crippen LogP contribution in [0, 0.1) is 0 Å². The van der Waals surface area contributed by atoms with Crippen LogP contribution in [-0.4, -0.2) is 55.8 Å². The first-order valence-electron chi connectivity index (χ1n) is 8.07. The Hall–Kier alpha value is -1.47. The molecule has 1 aliphatic rings. The summed E-state index contributed by atoms with van der Waals surface area (Å²) in [5.74, 6) is -2.57. The normalized spacial score (nSPS) is 17.1. The lowest BCUT2D eigenvalue weighted by Crippen LogP contribution is -2.51. The average Bonchev–Trinajstić information content (AvgIpc) is 2.63. The van der Waals surface area contributed by atoms with Crippen LogP contribution in [0.3, 0.4) is 0 Å². The second kappa shape index (κ2) is 8.27. The number of aliphatic hydroxyl groups is 1. The molecular formula is C18H23ClF2N2O2. The summed E-state index contributed by atoms with van der Waals surface area (Å²) in [4.78, 5) is 1.75. The van der Waals surface area contributed by atoms with Crippen LogP contribution < -0.4 is 10.1 Å². The van der Waals surface area contributed by atoms with Gasteiger partial charge in [0, 0.05) is 31.6 Å². The smallest absolute Gasteiger partial charge is 0.289 e. The summed E-state index contributed by atoms with van der Waals surface area (Å²) in [7, 11) is 1.57. The van der Waals surface area contributed by atoms with Crippen LogP contribution in [0.15, 0.2) is 36.4 Å². The van der Waals surface area contributed by atoms with Gasteiger partial charge in [-0.3, -0.25) is 4.90 Å². The van der Waals surface area contributed by atoms with Crippen molar-refractivity contribution in [1.29, 1.82) is 0 Å². The molecule has 0 aromatic heterocycles. The summed E-state index contributed by atoms with van der Waals surface area (Å²) in [6, 6.07) is 9.63. The molecule has 25 heavy (non-hydrogen) atoms. The molecule has 0 bridgehead atoms. The molecule has 1 atom stereocenters. The van der Waals surface area contributed by atoms with Gasteiger partial charge in [-0.15, -0.1) is 12.4 Å². The zero-order chi connectivity index (χ0) is 17.2. The van der Waals surface area contributed by atoms with Crippen molar-refractivity contribution in [3.8, 4) is 5.75 Å². The van der Waals surface area contributed by atoms with E-state index in [0.29, 0.717) is 37.5 Å². The van der Waals surface area contributed by atoms with Crippen LogP contribution in [0.1, 0.15) is 11.6 Å². The van der Waals surface area contributed by atoms with Gasteiger partial charge in [0.1, 0.15) is 18.4 Å². The van der Waals surface area contributed by atoms with E-state index in [2.05, 4.69) is 5.32 Å². The Morgan fingerprint density at radius 2 is 1.80 bits per heavy atom. The first-order valence-corrected chi connectivity index (χ1v) is 8.07. The fraction of sp³-hybridized carbons (Fsp3) is 0.444. The topological polar surface area (TPSA) is 44.7 Å². The Kier molecular flexibility index (Phi) is 6.57. The van der Waals surface area contributed by atoms with E-state index in [1.165, 1.54) is 0 Å². The maximum Gasteiger partial charge on any atom is 0.289 e. The number of nitrogens with one attached hydrogen (secondary N) is 1. The zero-order valence-electron chi connectivity index (χ0n) is 14.0. The standard InChI is InChI=1S/C18H22F2N2O2.ClH/c1-24-16-7-6-15(13-4-2-3-5-14(13)16)17(18(19,20)12-23)22-10-8-21-9-11-22;/h2-7,17,21,23H,8-12H2,1H3;1H/t17-;/m0./s1. The van der Waals surface area contributed by atoms with Gasteiger partial charge in [0.15, 0.2) is 0 Å². The number of hydrogen-bond acceptors (Lipinski definition) is 4. The molecule has 2 aromatic rings. The summed E-state index contributed by atoms with van der Waals surface area (Å²) in [6.45, 7) is 1.17. The van der Waals surface area contributed by atoms with E-state index in [4.69, 9.17) is 4.74 Å². The van der Waals surface area contributed by atoms with Crippen molar-refractivity contribution < 1.29 is 18.6 Å². The molecule has 0 amide bonds. The van der Waals surface area contributed by atoms with E-state index in [0.717, 1.165) is 10.8 Å². The minimum Gasteiger partial charge on any atom is -0.496 e. The van der Waals surface area contributed by atoms with Gasteiger partial charge in [-0.25, -0.2) is 8.78 Å². The highest BCUT2D eigenvalue weighted by molar-refractivity contribution is 5.91. The quantitative estimate of drug-likeness (QED) is 0.847. The van der Waals surface area contributed by atoms with Gasteiger partial charge in [0.25, 0.3) is 5.92 Å².